The highest BCUT2D eigenvalue weighted by molar-refractivity contribution is 9.10. The van der Waals surface area contributed by atoms with Gasteiger partial charge in [0.2, 0.25) is 0 Å². The maximum absolute atomic E-state index is 13.8. The van der Waals surface area contributed by atoms with Crippen molar-refractivity contribution in [3.05, 3.63) is 87.1 Å². The molecule has 0 saturated heterocycles. The number of nitrogens with one attached hydrogen (secondary N) is 1. The number of halogens is 2. The van der Waals surface area contributed by atoms with Gasteiger partial charge in [-0.1, -0.05) is 18.2 Å². The number of hydrogen-bond donors (Lipinski definition) is 2. The predicted octanol–water partition coefficient (Wildman–Crippen LogP) is 5.79. The second kappa shape index (κ2) is 9.63. The van der Waals surface area contributed by atoms with E-state index in [4.69, 9.17) is 14.6 Å². The van der Waals surface area contributed by atoms with Crippen LogP contribution in [0.4, 0.5) is 10.1 Å². The van der Waals surface area contributed by atoms with Crippen LogP contribution >= 0.6 is 15.9 Å². The highest BCUT2D eigenvalue weighted by Crippen LogP contribution is 2.37. The second-order valence-electron chi connectivity index (χ2n) is 6.68. The zero-order valence-corrected chi connectivity index (χ0v) is 18.1. The highest BCUT2D eigenvalue weighted by atomic mass is 79.9. The Balaban J connectivity index is 1.73. The number of ether oxygens (including phenoxy) is 2. The molecule has 0 aromatic heterocycles. The zero-order chi connectivity index (χ0) is 21.7. The lowest BCUT2D eigenvalue weighted by atomic mass is 10.1. The van der Waals surface area contributed by atoms with Gasteiger partial charge in [0.05, 0.1) is 17.1 Å². The van der Waals surface area contributed by atoms with E-state index in [9.17, 15) is 9.18 Å². The van der Waals surface area contributed by atoms with Crippen LogP contribution in [-0.4, -0.2) is 18.2 Å². The molecule has 2 N–H and O–H groups in total. The van der Waals surface area contributed by atoms with E-state index in [0.29, 0.717) is 28.1 Å². The number of aryl methyl sites for hydroxylation is 1. The molecule has 30 heavy (non-hydrogen) atoms. The van der Waals surface area contributed by atoms with Gasteiger partial charge in [-0.25, -0.2) is 9.18 Å². The number of carboxylic acids is 1. The lowest BCUT2D eigenvalue weighted by molar-refractivity contribution is 0.0697. The molecule has 0 heterocycles. The molecule has 3 aromatic rings. The molecule has 3 aromatic carbocycles. The molecule has 0 bridgehead atoms. The summed E-state index contributed by atoms with van der Waals surface area (Å²) in [4.78, 5) is 11.1. The first kappa shape index (κ1) is 21.6. The van der Waals surface area contributed by atoms with Gasteiger partial charge in [-0.2, -0.15) is 0 Å². The first-order valence-electron chi connectivity index (χ1n) is 9.19. The summed E-state index contributed by atoms with van der Waals surface area (Å²) in [6, 6.07) is 15.1. The fraction of sp³-hybridized carbons (Fsp3) is 0.174. The van der Waals surface area contributed by atoms with Crippen LogP contribution in [0.3, 0.4) is 0 Å². The molecule has 0 aliphatic heterocycles. The summed E-state index contributed by atoms with van der Waals surface area (Å²) >= 11 is 3.51. The first-order valence-corrected chi connectivity index (χ1v) is 9.98. The van der Waals surface area contributed by atoms with Gasteiger partial charge in [0, 0.05) is 17.8 Å². The molecule has 0 aliphatic carbocycles. The number of anilines is 1. The van der Waals surface area contributed by atoms with Crippen LogP contribution in [-0.2, 0) is 13.2 Å². The SMILES string of the molecule is COc1cc(CNc2ccc(C(=O)O)cc2C)cc(Br)c1OCc1ccccc1F. The van der Waals surface area contributed by atoms with Gasteiger partial charge in [-0.3, -0.25) is 0 Å². The molecule has 0 saturated carbocycles. The number of carbonyl (C=O) groups is 1. The fourth-order valence-corrected chi connectivity index (χ4v) is 3.58. The first-order chi connectivity index (χ1) is 14.4. The molecule has 7 heteroatoms. The maximum atomic E-state index is 13.8. The monoisotopic (exact) mass is 473 g/mol. The smallest absolute Gasteiger partial charge is 0.335 e. The van der Waals surface area contributed by atoms with Crippen LogP contribution in [0, 0.1) is 12.7 Å². The topological polar surface area (TPSA) is 67.8 Å². The Morgan fingerprint density at radius 2 is 1.93 bits per heavy atom. The summed E-state index contributed by atoms with van der Waals surface area (Å²) in [5.74, 6) is -0.260. The predicted molar refractivity (Wildman–Crippen MR) is 117 cm³/mol. The summed E-state index contributed by atoms with van der Waals surface area (Å²) in [7, 11) is 1.55. The van der Waals surface area contributed by atoms with Gasteiger partial charge in [-0.05, 0) is 70.4 Å². The fourth-order valence-electron chi connectivity index (χ4n) is 2.97. The summed E-state index contributed by atoms with van der Waals surface area (Å²) in [5, 5.41) is 12.4. The van der Waals surface area contributed by atoms with Gasteiger partial charge >= 0.3 is 5.97 Å². The maximum Gasteiger partial charge on any atom is 0.335 e. The average Bonchev–Trinajstić information content (AvgIpc) is 2.72. The Hall–Kier alpha value is -3.06. The zero-order valence-electron chi connectivity index (χ0n) is 16.5. The highest BCUT2D eigenvalue weighted by Gasteiger charge is 2.13. The molecule has 0 unspecified atom stereocenters. The Morgan fingerprint density at radius 3 is 2.60 bits per heavy atom. The van der Waals surface area contributed by atoms with Crippen molar-refractivity contribution in [1.29, 1.82) is 0 Å². The minimum atomic E-state index is -0.954. The van der Waals surface area contributed by atoms with Crippen molar-refractivity contribution >= 4 is 27.6 Å². The number of rotatable bonds is 8. The summed E-state index contributed by atoms with van der Waals surface area (Å²) in [6.07, 6.45) is 0. The molecule has 0 aliphatic rings. The van der Waals surface area contributed by atoms with Crippen LogP contribution in [0.2, 0.25) is 0 Å². The molecule has 5 nitrogen and oxygen atoms in total. The largest absolute Gasteiger partial charge is 0.493 e. The van der Waals surface area contributed by atoms with E-state index < -0.39 is 5.97 Å². The summed E-state index contributed by atoms with van der Waals surface area (Å²) < 4.78 is 25.8. The third-order valence-electron chi connectivity index (χ3n) is 4.58. The quantitative estimate of drug-likeness (QED) is 0.432. The van der Waals surface area contributed by atoms with Crippen LogP contribution in [0.5, 0.6) is 11.5 Å². The molecular weight excluding hydrogens is 453 g/mol. The van der Waals surface area contributed by atoms with Crippen molar-refractivity contribution < 1.29 is 23.8 Å². The lowest BCUT2D eigenvalue weighted by Crippen LogP contribution is -2.05. The minimum Gasteiger partial charge on any atom is -0.493 e. The van der Waals surface area contributed by atoms with Crippen molar-refractivity contribution in [2.75, 3.05) is 12.4 Å². The van der Waals surface area contributed by atoms with Crippen molar-refractivity contribution in [2.45, 2.75) is 20.1 Å². The van der Waals surface area contributed by atoms with E-state index in [0.717, 1.165) is 16.8 Å². The molecule has 0 atom stereocenters. The van der Waals surface area contributed by atoms with Gasteiger partial charge in [0.1, 0.15) is 12.4 Å². The van der Waals surface area contributed by atoms with E-state index in [1.165, 1.54) is 6.07 Å². The molecule has 156 valence electrons. The molecule has 0 spiro atoms. The van der Waals surface area contributed by atoms with Gasteiger partial charge in [-0.15, -0.1) is 0 Å². The van der Waals surface area contributed by atoms with Crippen LogP contribution in [0.25, 0.3) is 0 Å². The van der Waals surface area contributed by atoms with Gasteiger partial charge in [0.25, 0.3) is 0 Å². The van der Waals surface area contributed by atoms with E-state index >= 15 is 0 Å². The van der Waals surface area contributed by atoms with E-state index in [-0.39, 0.29) is 18.0 Å². The van der Waals surface area contributed by atoms with E-state index in [1.807, 2.05) is 19.1 Å². The van der Waals surface area contributed by atoms with Crippen LogP contribution < -0.4 is 14.8 Å². The van der Waals surface area contributed by atoms with Crippen molar-refractivity contribution in [2.24, 2.45) is 0 Å². The number of hydrogen-bond acceptors (Lipinski definition) is 4. The van der Waals surface area contributed by atoms with Crippen molar-refractivity contribution in [3.63, 3.8) is 0 Å². The van der Waals surface area contributed by atoms with Crippen LogP contribution in [0.1, 0.15) is 27.0 Å². The summed E-state index contributed by atoms with van der Waals surface area (Å²) in [5.41, 5.74) is 3.32. The molecular formula is C23H21BrFNO4. The molecule has 3 rings (SSSR count). The van der Waals surface area contributed by atoms with E-state index in [2.05, 4.69) is 21.2 Å². The number of carboxylic acid groups (broad SMARTS) is 1. The second-order valence-corrected chi connectivity index (χ2v) is 7.53. The standard InChI is InChI=1S/C23H21BrFNO4/c1-14-9-16(23(27)28)7-8-20(14)26-12-15-10-18(24)22(21(11-15)29-2)30-13-17-5-3-4-6-19(17)25/h3-11,26H,12-13H2,1-2H3,(H,27,28). The lowest BCUT2D eigenvalue weighted by Gasteiger charge is -2.16. The Morgan fingerprint density at radius 1 is 1.17 bits per heavy atom. The Labute approximate surface area is 182 Å². The molecule has 0 radical (unpaired) electrons. The average molecular weight is 474 g/mol. The minimum absolute atomic E-state index is 0.0777. The third-order valence-corrected chi connectivity index (χ3v) is 5.16. The Kier molecular flexibility index (Phi) is 6.95. The normalized spacial score (nSPS) is 10.5. The third kappa shape index (κ3) is 5.10. The summed E-state index contributed by atoms with van der Waals surface area (Å²) in [6.45, 7) is 2.43. The van der Waals surface area contributed by atoms with E-state index in [1.54, 1.807) is 43.5 Å². The number of aromatic carboxylic acids is 1. The van der Waals surface area contributed by atoms with Crippen LogP contribution in [0.15, 0.2) is 59.1 Å². The van der Waals surface area contributed by atoms with Crippen molar-refractivity contribution in [3.8, 4) is 11.5 Å². The van der Waals surface area contributed by atoms with Gasteiger partial charge < -0.3 is 19.9 Å². The molecule has 0 amide bonds. The Bertz CT molecular complexity index is 1070. The van der Waals surface area contributed by atoms with Gasteiger partial charge in [0.15, 0.2) is 11.5 Å². The van der Waals surface area contributed by atoms with Crippen molar-refractivity contribution in [1.82, 2.24) is 0 Å². The number of methoxy groups -OCH3 is 1. The number of benzene rings is 3. The molecule has 0 fully saturated rings.